The van der Waals surface area contributed by atoms with Crippen LogP contribution in [0, 0.1) is 0 Å². The predicted octanol–water partition coefficient (Wildman–Crippen LogP) is 4.55. The fourth-order valence-corrected chi connectivity index (χ4v) is 2.16. The van der Waals surface area contributed by atoms with Crippen molar-refractivity contribution in [2.24, 2.45) is 0 Å². The molecular formula is C17H17ClO2. The number of ether oxygens (including phenoxy) is 1. The van der Waals surface area contributed by atoms with Gasteiger partial charge in [-0.05, 0) is 43.7 Å². The molecule has 2 aromatic carbocycles. The third-order valence-corrected chi connectivity index (χ3v) is 3.02. The molecule has 0 aliphatic heterocycles. The van der Waals surface area contributed by atoms with Crippen LogP contribution in [0.15, 0.2) is 48.5 Å². The summed E-state index contributed by atoms with van der Waals surface area (Å²) in [6.07, 6.45) is 0.430. The van der Waals surface area contributed by atoms with Crippen LogP contribution in [-0.4, -0.2) is 11.9 Å². The Hall–Kier alpha value is -1.80. The molecule has 2 aromatic rings. The quantitative estimate of drug-likeness (QED) is 0.754. The number of benzene rings is 2. The zero-order valence-electron chi connectivity index (χ0n) is 11.6. The first-order valence-electron chi connectivity index (χ1n) is 6.59. The maximum absolute atomic E-state index is 12.3. The van der Waals surface area contributed by atoms with E-state index in [1.165, 1.54) is 0 Å². The summed E-state index contributed by atoms with van der Waals surface area (Å²) in [4.78, 5) is 12.3. The average Bonchev–Trinajstić information content (AvgIpc) is 2.38. The first-order valence-corrected chi connectivity index (χ1v) is 6.97. The van der Waals surface area contributed by atoms with E-state index in [1.807, 2.05) is 44.2 Å². The fourth-order valence-electron chi connectivity index (χ4n) is 1.95. The molecule has 0 N–H and O–H groups in total. The first-order chi connectivity index (χ1) is 9.54. The maximum atomic E-state index is 12.3. The standard InChI is InChI=1S/C17H17ClO2/c1-12(2)20-16-8-4-6-14(11-16)17(19)10-13-5-3-7-15(18)9-13/h3-9,11-12H,10H2,1-2H3. The average molecular weight is 289 g/mol. The normalized spacial score (nSPS) is 10.6. The summed E-state index contributed by atoms with van der Waals surface area (Å²) in [7, 11) is 0. The molecule has 104 valence electrons. The molecule has 2 nitrogen and oxygen atoms in total. The molecule has 0 aromatic heterocycles. The summed E-state index contributed by atoms with van der Waals surface area (Å²) in [5, 5.41) is 0.646. The molecule has 0 spiro atoms. The molecule has 2 rings (SSSR count). The van der Waals surface area contributed by atoms with Gasteiger partial charge in [-0.1, -0.05) is 35.9 Å². The third-order valence-electron chi connectivity index (χ3n) is 2.78. The van der Waals surface area contributed by atoms with Gasteiger partial charge in [-0.2, -0.15) is 0 Å². The van der Waals surface area contributed by atoms with Crippen molar-refractivity contribution in [2.45, 2.75) is 26.4 Å². The van der Waals surface area contributed by atoms with Gasteiger partial charge in [-0.15, -0.1) is 0 Å². The summed E-state index contributed by atoms with van der Waals surface area (Å²) in [5.74, 6) is 0.776. The minimum atomic E-state index is 0.0569. The van der Waals surface area contributed by atoms with E-state index in [9.17, 15) is 4.79 Å². The van der Waals surface area contributed by atoms with Gasteiger partial charge in [0.05, 0.1) is 6.10 Å². The minimum absolute atomic E-state index is 0.0569. The lowest BCUT2D eigenvalue weighted by atomic mass is 10.0. The zero-order valence-corrected chi connectivity index (χ0v) is 12.4. The van der Waals surface area contributed by atoms with E-state index in [0.717, 1.165) is 11.3 Å². The van der Waals surface area contributed by atoms with Gasteiger partial charge in [0.25, 0.3) is 0 Å². The summed E-state index contributed by atoms with van der Waals surface area (Å²) < 4.78 is 5.60. The number of carbonyl (C=O) groups is 1. The van der Waals surface area contributed by atoms with Crippen LogP contribution in [0.4, 0.5) is 0 Å². The summed E-state index contributed by atoms with van der Waals surface area (Å²) >= 11 is 5.93. The number of rotatable bonds is 5. The highest BCUT2D eigenvalue weighted by Gasteiger charge is 2.09. The fraction of sp³-hybridized carbons (Fsp3) is 0.235. The Morgan fingerprint density at radius 2 is 1.90 bits per heavy atom. The van der Waals surface area contributed by atoms with Crippen molar-refractivity contribution in [3.63, 3.8) is 0 Å². The molecule has 0 radical (unpaired) electrons. The van der Waals surface area contributed by atoms with Gasteiger partial charge in [0.2, 0.25) is 0 Å². The highest BCUT2D eigenvalue weighted by Crippen LogP contribution is 2.18. The second-order valence-electron chi connectivity index (χ2n) is 4.92. The van der Waals surface area contributed by atoms with Crippen molar-refractivity contribution in [3.05, 3.63) is 64.7 Å². The van der Waals surface area contributed by atoms with E-state index in [2.05, 4.69) is 0 Å². The van der Waals surface area contributed by atoms with E-state index in [0.29, 0.717) is 17.0 Å². The number of Topliss-reactive ketones (excluding diaryl/α,β-unsaturated/α-hetero) is 1. The lowest BCUT2D eigenvalue weighted by molar-refractivity contribution is 0.0992. The molecular weight excluding hydrogens is 272 g/mol. The Morgan fingerprint density at radius 3 is 2.60 bits per heavy atom. The number of hydrogen-bond acceptors (Lipinski definition) is 2. The molecule has 0 heterocycles. The smallest absolute Gasteiger partial charge is 0.167 e. The van der Waals surface area contributed by atoms with Gasteiger partial charge in [-0.25, -0.2) is 0 Å². The van der Waals surface area contributed by atoms with Crippen LogP contribution in [0.5, 0.6) is 5.75 Å². The van der Waals surface area contributed by atoms with Crippen LogP contribution >= 0.6 is 11.6 Å². The van der Waals surface area contributed by atoms with Gasteiger partial charge < -0.3 is 4.74 Å². The molecule has 0 aliphatic rings. The predicted molar refractivity (Wildman–Crippen MR) is 81.7 cm³/mol. The Balaban J connectivity index is 2.13. The van der Waals surface area contributed by atoms with E-state index >= 15 is 0 Å². The van der Waals surface area contributed by atoms with Crippen LogP contribution in [0.3, 0.4) is 0 Å². The van der Waals surface area contributed by atoms with Gasteiger partial charge in [0.15, 0.2) is 5.78 Å². The Bertz CT molecular complexity index is 605. The Morgan fingerprint density at radius 1 is 1.15 bits per heavy atom. The number of carbonyl (C=O) groups excluding carboxylic acids is 1. The van der Waals surface area contributed by atoms with Crippen LogP contribution in [-0.2, 0) is 6.42 Å². The third kappa shape index (κ3) is 4.10. The van der Waals surface area contributed by atoms with Crippen LogP contribution in [0.25, 0.3) is 0 Å². The summed E-state index contributed by atoms with van der Waals surface area (Å²) in [5.41, 5.74) is 1.57. The van der Waals surface area contributed by atoms with Crippen LogP contribution in [0.2, 0.25) is 5.02 Å². The molecule has 0 unspecified atom stereocenters. The highest BCUT2D eigenvalue weighted by atomic mass is 35.5. The summed E-state index contributed by atoms with van der Waals surface area (Å²) in [6, 6.07) is 14.6. The number of halogens is 1. The van der Waals surface area contributed by atoms with Gasteiger partial charge in [-0.3, -0.25) is 4.79 Å². The molecule has 0 atom stereocenters. The van der Waals surface area contributed by atoms with Crippen molar-refractivity contribution in [1.29, 1.82) is 0 Å². The second-order valence-corrected chi connectivity index (χ2v) is 5.36. The molecule has 0 saturated carbocycles. The molecule has 20 heavy (non-hydrogen) atoms. The van der Waals surface area contributed by atoms with Crippen LogP contribution < -0.4 is 4.74 Å². The first kappa shape index (κ1) is 14.6. The van der Waals surface area contributed by atoms with Crippen molar-refractivity contribution in [1.82, 2.24) is 0 Å². The monoisotopic (exact) mass is 288 g/mol. The van der Waals surface area contributed by atoms with E-state index in [4.69, 9.17) is 16.3 Å². The van der Waals surface area contributed by atoms with Gasteiger partial charge in [0, 0.05) is 17.0 Å². The van der Waals surface area contributed by atoms with Gasteiger partial charge in [0.1, 0.15) is 5.75 Å². The molecule has 0 saturated heterocycles. The molecule has 0 bridgehead atoms. The van der Waals surface area contributed by atoms with E-state index < -0.39 is 0 Å². The molecule has 0 amide bonds. The second kappa shape index (κ2) is 6.58. The van der Waals surface area contributed by atoms with Crippen molar-refractivity contribution in [2.75, 3.05) is 0 Å². The Labute approximate surface area is 124 Å². The van der Waals surface area contributed by atoms with Crippen molar-refractivity contribution in [3.8, 4) is 5.75 Å². The highest BCUT2D eigenvalue weighted by molar-refractivity contribution is 6.30. The van der Waals surface area contributed by atoms with Crippen molar-refractivity contribution < 1.29 is 9.53 Å². The topological polar surface area (TPSA) is 26.3 Å². The molecule has 0 fully saturated rings. The maximum Gasteiger partial charge on any atom is 0.167 e. The lowest BCUT2D eigenvalue weighted by Crippen LogP contribution is -2.07. The minimum Gasteiger partial charge on any atom is -0.491 e. The summed E-state index contributed by atoms with van der Waals surface area (Å²) in [6.45, 7) is 3.92. The SMILES string of the molecule is CC(C)Oc1cccc(C(=O)Cc2cccc(Cl)c2)c1. The number of hydrogen-bond donors (Lipinski definition) is 0. The number of ketones is 1. The van der Waals surface area contributed by atoms with E-state index in [1.54, 1.807) is 18.2 Å². The van der Waals surface area contributed by atoms with E-state index in [-0.39, 0.29) is 11.9 Å². The largest absolute Gasteiger partial charge is 0.491 e. The van der Waals surface area contributed by atoms with Crippen molar-refractivity contribution >= 4 is 17.4 Å². The zero-order chi connectivity index (χ0) is 14.5. The molecule has 0 aliphatic carbocycles. The van der Waals surface area contributed by atoms with Crippen LogP contribution in [0.1, 0.15) is 29.8 Å². The molecule has 3 heteroatoms. The lowest BCUT2D eigenvalue weighted by Gasteiger charge is -2.10. The Kier molecular flexibility index (Phi) is 4.80. The van der Waals surface area contributed by atoms with Gasteiger partial charge >= 0.3 is 0 Å².